The number of rotatable bonds is 3. The van der Waals surface area contributed by atoms with E-state index in [1.54, 1.807) is 6.34 Å². The lowest BCUT2D eigenvalue weighted by atomic mass is 10.7. The Morgan fingerprint density at radius 2 is 2.25 bits per heavy atom. The molecule has 1 N–H and O–H groups in total. The van der Waals surface area contributed by atoms with Gasteiger partial charge in [-0.05, 0) is 0 Å². The summed E-state index contributed by atoms with van der Waals surface area (Å²) in [6.45, 7) is 0.628. The number of nitrogens with zero attached hydrogens (tertiary/aromatic N) is 2. The van der Waals surface area contributed by atoms with E-state index in [4.69, 9.17) is 5.11 Å². The van der Waals surface area contributed by atoms with E-state index in [0.29, 0.717) is 6.54 Å². The topological polar surface area (TPSA) is 35.8 Å². The first kappa shape index (κ1) is 7.43. The Labute approximate surface area is 49.6 Å². The van der Waals surface area contributed by atoms with Crippen LogP contribution in [0.1, 0.15) is 0 Å². The first-order valence-corrected chi connectivity index (χ1v) is 2.54. The van der Waals surface area contributed by atoms with Crippen LogP contribution in [0, 0.1) is 0 Å². The first-order chi connectivity index (χ1) is 3.77. The van der Waals surface area contributed by atoms with E-state index in [9.17, 15) is 0 Å². The molecule has 0 radical (unpaired) electrons. The van der Waals surface area contributed by atoms with Crippen LogP contribution in [0.3, 0.4) is 0 Å². The molecule has 0 aromatic rings. The molecule has 0 unspecified atom stereocenters. The lowest BCUT2D eigenvalue weighted by molar-refractivity contribution is 0.306. The van der Waals surface area contributed by atoms with E-state index in [0.717, 1.165) is 0 Å². The number of hydrogen-bond donors (Lipinski definition) is 1. The zero-order chi connectivity index (χ0) is 6.41. The fourth-order valence-electron chi connectivity index (χ4n) is 0.279. The molecule has 0 heterocycles. The van der Waals surface area contributed by atoms with Crippen LogP contribution in [0.15, 0.2) is 4.99 Å². The minimum Gasteiger partial charge on any atom is -0.394 e. The van der Waals surface area contributed by atoms with Crippen LogP contribution < -0.4 is 0 Å². The van der Waals surface area contributed by atoms with Gasteiger partial charge in [0.15, 0.2) is 0 Å². The van der Waals surface area contributed by atoms with Gasteiger partial charge in [-0.2, -0.15) is 0 Å². The van der Waals surface area contributed by atoms with Crippen LogP contribution in [0.25, 0.3) is 0 Å². The van der Waals surface area contributed by atoms with Crippen LogP contribution in [0.5, 0.6) is 0 Å². The third-order valence-corrected chi connectivity index (χ3v) is 0.542. The minimum absolute atomic E-state index is 0.129. The lowest BCUT2D eigenvalue weighted by Gasteiger charge is -2.00. The third kappa shape index (κ3) is 5.43. The molecule has 0 aliphatic heterocycles. The predicted octanol–water partition coefficient (Wildman–Crippen LogP) is -0.431. The maximum Gasteiger partial charge on any atom is 0.0845 e. The molecule has 0 aliphatic rings. The van der Waals surface area contributed by atoms with Crippen molar-refractivity contribution in [1.82, 2.24) is 4.90 Å². The first-order valence-electron chi connectivity index (χ1n) is 2.54. The van der Waals surface area contributed by atoms with Crippen molar-refractivity contribution >= 4 is 6.34 Å². The van der Waals surface area contributed by atoms with Gasteiger partial charge in [-0.15, -0.1) is 0 Å². The van der Waals surface area contributed by atoms with E-state index < -0.39 is 0 Å². The molecule has 0 atom stereocenters. The summed E-state index contributed by atoms with van der Waals surface area (Å²) in [5, 5.41) is 8.25. The Kier molecular flexibility index (Phi) is 4.26. The molecule has 0 aliphatic carbocycles. The Hall–Kier alpha value is -0.570. The smallest absolute Gasteiger partial charge is 0.0845 e. The number of aliphatic hydroxyl groups excluding tert-OH is 1. The summed E-state index contributed by atoms with van der Waals surface area (Å²) >= 11 is 0. The van der Waals surface area contributed by atoms with Crippen molar-refractivity contribution in [2.75, 3.05) is 27.2 Å². The van der Waals surface area contributed by atoms with E-state index in [-0.39, 0.29) is 6.61 Å². The van der Waals surface area contributed by atoms with Gasteiger partial charge in [-0.1, -0.05) is 0 Å². The number of aliphatic imine (C=N–C) groups is 1. The highest BCUT2D eigenvalue weighted by molar-refractivity contribution is 5.53. The molecule has 0 aromatic carbocycles. The number of aliphatic hydroxyl groups is 1. The second-order valence-electron chi connectivity index (χ2n) is 1.71. The number of hydrogen-bond acceptors (Lipinski definition) is 2. The van der Waals surface area contributed by atoms with Gasteiger partial charge in [0.05, 0.1) is 19.5 Å². The average Bonchev–Trinajstić information content (AvgIpc) is 1.66. The zero-order valence-corrected chi connectivity index (χ0v) is 5.33. The van der Waals surface area contributed by atoms with Crippen molar-refractivity contribution in [3.8, 4) is 0 Å². The van der Waals surface area contributed by atoms with Gasteiger partial charge in [0.25, 0.3) is 0 Å². The Morgan fingerprint density at radius 3 is 2.62 bits per heavy atom. The molecule has 0 bridgehead atoms. The molecule has 0 saturated carbocycles. The Morgan fingerprint density at radius 1 is 1.62 bits per heavy atom. The fourth-order valence-corrected chi connectivity index (χ4v) is 0.279. The van der Waals surface area contributed by atoms with Gasteiger partial charge >= 0.3 is 0 Å². The molecule has 0 spiro atoms. The van der Waals surface area contributed by atoms with Crippen molar-refractivity contribution in [2.45, 2.75) is 0 Å². The molecule has 48 valence electrons. The summed E-state index contributed by atoms with van der Waals surface area (Å²) in [5.41, 5.74) is 0. The van der Waals surface area contributed by atoms with E-state index in [1.165, 1.54) is 0 Å². The maximum absolute atomic E-state index is 8.25. The SMILES string of the molecule is CN(C)C=NCCO. The summed E-state index contributed by atoms with van der Waals surface area (Å²) in [5.74, 6) is 0. The van der Waals surface area contributed by atoms with Gasteiger partial charge < -0.3 is 10.0 Å². The molecule has 0 fully saturated rings. The largest absolute Gasteiger partial charge is 0.394 e. The van der Waals surface area contributed by atoms with Gasteiger partial charge in [0, 0.05) is 14.1 Å². The Balaban J connectivity index is 3.07. The van der Waals surface area contributed by atoms with Crippen molar-refractivity contribution in [3.05, 3.63) is 0 Å². The minimum atomic E-state index is 0.129. The van der Waals surface area contributed by atoms with Crippen molar-refractivity contribution in [2.24, 2.45) is 4.99 Å². The van der Waals surface area contributed by atoms with Crippen molar-refractivity contribution < 1.29 is 5.11 Å². The standard InChI is InChI=1S/C5H12N2O/c1-7(2)5-6-3-4-8/h5,8H,3-4H2,1-2H3. The van der Waals surface area contributed by atoms with Crippen LogP contribution >= 0.6 is 0 Å². The van der Waals surface area contributed by atoms with E-state index in [1.807, 2.05) is 19.0 Å². The molecule has 0 aromatic heterocycles. The van der Waals surface area contributed by atoms with Crippen molar-refractivity contribution in [1.29, 1.82) is 0 Å². The monoisotopic (exact) mass is 116 g/mol. The Bertz CT molecular complexity index is 70.8. The summed E-state index contributed by atoms with van der Waals surface area (Å²) in [7, 11) is 3.78. The molecule has 3 nitrogen and oxygen atoms in total. The molecular weight excluding hydrogens is 104 g/mol. The predicted molar refractivity (Wildman–Crippen MR) is 34.1 cm³/mol. The summed E-state index contributed by atoms with van der Waals surface area (Å²) in [6, 6.07) is 0. The second-order valence-corrected chi connectivity index (χ2v) is 1.71. The second kappa shape index (κ2) is 4.59. The lowest BCUT2D eigenvalue weighted by Crippen LogP contribution is -2.08. The van der Waals surface area contributed by atoms with Crippen molar-refractivity contribution in [3.63, 3.8) is 0 Å². The molecular formula is C5H12N2O. The van der Waals surface area contributed by atoms with E-state index in [2.05, 4.69) is 4.99 Å². The molecule has 0 rings (SSSR count). The third-order valence-electron chi connectivity index (χ3n) is 0.542. The summed E-state index contributed by atoms with van der Waals surface area (Å²) in [6.07, 6.45) is 1.68. The molecule has 3 heteroatoms. The summed E-state index contributed by atoms with van der Waals surface area (Å²) in [4.78, 5) is 5.67. The molecule has 0 amide bonds. The maximum atomic E-state index is 8.25. The van der Waals surface area contributed by atoms with Gasteiger partial charge in [0.2, 0.25) is 0 Å². The van der Waals surface area contributed by atoms with Crippen LogP contribution in [0.2, 0.25) is 0 Å². The normalized spacial score (nSPS) is 10.4. The van der Waals surface area contributed by atoms with E-state index >= 15 is 0 Å². The molecule has 8 heavy (non-hydrogen) atoms. The van der Waals surface area contributed by atoms with Gasteiger partial charge in [-0.25, -0.2) is 0 Å². The van der Waals surface area contributed by atoms with Gasteiger partial charge in [-0.3, -0.25) is 4.99 Å². The quantitative estimate of drug-likeness (QED) is 0.401. The fraction of sp³-hybridized carbons (Fsp3) is 0.800. The zero-order valence-electron chi connectivity index (χ0n) is 5.33. The van der Waals surface area contributed by atoms with Crippen LogP contribution in [-0.4, -0.2) is 43.6 Å². The highest BCUT2D eigenvalue weighted by Gasteiger charge is 1.74. The highest BCUT2D eigenvalue weighted by atomic mass is 16.3. The van der Waals surface area contributed by atoms with Crippen LogP contribution in [-0.2, 0) is 0 Å². The van der Waals surface area contributed by atoms with Gasteiger partial charge in [0.1, 0.15) is 0 Å². The van der Waals surface area contributed by atoms with Crippen LogP contribution in [0.4, 0.5) is 0 Å². The summed E-state index contributed by atoms with van der Waals surface area (Å²) < 4.78 is 0. The molecule has 0 saturated heterocycles. The highest BCUT2D eigenvalue weighted by Crippen LogP contribution is 1.67. The average molecular weight is 116 g/mol.